The van der Waals surface area contributed by atoms with E-state index >= 15 is 0 Å². The van der Waals surface area contributed by atoms with E-state index in [2.05, 4.69) is 10.2 Å². The number of nitrogens with one attached hydrogen (secondary N) is 1. The van der Waals surface area contributed by atoms with E-state index in [0.717, 1.165) is 16.8 Å². The first-order valence-electron chi connectivity index (χ1n) is 5.49. The zero-order chi connectivity index (χ0) is 12.3. The predicted octanol–water partition coefficient (Wildman–Crippen LogP) is 2.34. The van der Waals surface area contributed by atoms with E-state index in [-0.39, 0.29) is 0 Å². The topological polar surface area (TPSA) is 66.0 Å². The number of nitrogens with zero attached hydrogens (tertiary/aromatic N) is 1. The zero-order valence-corrected chi connectivity index (χ0v) is 9.55. The zero-order valence-electron chi connectivity index (χ0n) is 9.55. The molecule has 0 saturated carbocycles. The van der Waals surface area contributed by atoms with Crippen LogP contribution in [0.15, 0.2) is 36.5 Å². The lowest BCUT2D eigenvalue weighted by Gasteiger charge is -2.06. The monoisotopic (exact) mass is 230 g/mol. The van der Waals surface area contributed by atoms with Crippen molar-refractivity contribution in [3.63, 3.8) is 0 Å². The minimum absolute atomic E-state index is 0.419. The van der Waals surface area contributed by atoms with Gasteiger partial charge in [-0.25, -0.2) is 0 Å². The van der Waals surface area contributed by atoms with Gasteiger partial charge in [-0.1, -0.05) is 37.3 Å². The molecule has 4 heteroatoms. The number of rotatable bonds is 4. The molecule has 0 aliphatic rings. The standard InChI is InChI=1S/C13H14N2O2/c1-9(13(16)17)7-12-11(8-14-15-12)10-5-3-2-4-6-10/h2-6,8-9H,7H2,1H3,(H,14,15)(H,16,17). The summed E-state index contributed by atoms with van der Waals surface area (Å²) in [6.07, 6.45) is 2.19. The summed E-state index contributed by atoms with van der Waals surface area (Å²) in [6.45, 7) is 1.69. The van der Waals surface area contributed by atoms with Crippen molar-refractivity contribution < 1.29 is 9.90 Å². The smallest absolute Gasteiger partial charge is 0.306 e. The molecule has 1 aromatic carbocycles. The molecule has 1 heterocycles. The van der Waals surface area contributed by atoms with Crippen LogP contribution in [0.1, 0.15) is 12.6 Å². The molecular weight excluding hydrogens is 216 g/mol. The van der Waals surface area contributed by atoms with Crippen LogP contribution in [0.4, 0.5) is 0 Å². The largest absolute Gasteiger partial charge is 0.481 e. The Morgan fingerprint density at radius 3 is 2.76 bits per heavy atom. The van der Waals surface area contributed by atoms with Crippen LogP contribution in [-0.2, 0) is 11.2 Å². The first-order valence-corrected chi connectivity index (χ1v) is 5.49. The fraction of sp³-hybridized carbons (Fsp3) is 0.231. The lowest BCUT2D eigenvalue weighted by Crippen LogP contribution is -2.12. The highest BCUT2D eigenvalue weighted by Gasteiger charge is 2.15. The quantitative estimate of drug-likeness (QED) is 0.847. The number of hydrogen-bond acceptors (Lipinski definition) is 2. The molecule has 0 fully saturated rings. The normalized spacial score (nSPS) is 12.3. The summed E-state index contributed by atoms with van der Waals surface area (Å²) >= 11 is 0. The van der Waals surface area contributed by atoms with Crippen LogP contribution in [0, 0.1) is 5.92 Å². The van der Waals surface area contributed by atoms with Gasteiger partial charge in [0.1, 0.15) is 0 Å². The number of benzene rings is 1. The van der Waals surface area contributed by atoms with Crippen molar-refractivity contribution >= 4 is 5.97 Å². The minimum Gasteiger partial charge on any atom is -0.481 e. The number of aromatic amines is 1. The Hall–Kier alpha value is -2.10. The number of H-pyrrole nitrogens is 1. The van der Waals surface area contributed by atoms with E-state index in [0.29, 0.717) is 6.42 Å². The van der Waals surface area contributed by atoms with E-state index in [1.165, 1.54) is 0 Å². The van der Waals surface area contributed by atoms with Crippen LogP contribution < -0.4 is 0 Å². The summed E-state index contributed by atoms with van der Waals surface area (Å²) in [4.78, 5) is 10.8. The third-order valence-electron chi connectivity index (χ3n) is 2.73. The number of carboxylic acids is 1. The third kappa shape index (κ3) is 2.53. The number of hydrogen-bond donors (Lipinski definition) is 2. The van der Waals surface area contributed by atoms with Crippen molar-refractivity contribution in [2.75, 3.05) is 0 Å². The van der Waals surface area contributed by atoms with Gasteiger partial charge in [-0.2, -0.15) is 5.10 Å². The number of aromatic nitrogens is 2. The summed E-state index contributed by atoms with van der Waals surface area (Å²) in [5, 5.41) is 15.8. The fourth-order valence-electron chi connectivity index (χ4n) is 1.73. The second-order valence-electron chi connectivity index (χ2n) is 4.07. The minimum atomic E-state index is -0.793. The maximum absolute atomic E-state index is 10.8. The molecule has 4 nitrogen and oxygen atoms in total. The Balaban J connectivity index is 2.26. The summed E-state index contributed by atoms with van der Waals surface area (Å²) in [5.74, 6) is -1.21. The van der Waals surface area contributed by atoms with E-state index in [4.69, 9.17) is 5.11 Å². The van der Waals surface area contributed by atoms with Crippen LogP contribution in [0.3, 0.4) is 0 Å². The lowest BCUT2D eigenvalue weighted by atomic mass is 9.99. The van der Waals surface area contributed by atoms with Gasteiger partial charge < -0.3 is 5.11 Å². The summed E-state index contributed by atoms with van der Waals surface area (Å²) < 4.78 is 0. The second-order valence-corrected chi connectivity index (χ2v) is 4.07. The Morgan fingerprint density at radius 1 is 1.41 bits per heavy atom. The summed E-state index contributed by atoms with van der Waals surface area (Å²) in [6, 6.07) is 9.82. The molecule has 1 unspecified atom stereocenters. The van der Waals surface area contributed by atoms with Gasteiger partial charge in [0.15, 0.2) is 0 Å². The molecule has 0 bridgehead atoms. The van der Waals surface area contributed by atoms with Crippen LogP contribution >= 0.6 is 0 Å². The average Bonchev–Trinajstić information content (AvgIpc) is 2.78. The van der Waals surface area contributed by atoms with E-state index in [1.807, 2.05) is 30.3 Å². The van der Waals surface area contributed by atoms with Crippen LogP contribution in [-0.4, -0.2) is 21.3 Å². The molecule has 1 atom stereocenters. The highest BCUT2D eigenvalue weighted by atomic mass is 16.4. The van der Waals surface area contributed by atoms with Gasteiger partial charge in [-0.05, 0) is 5.56 Å². The van der Waals surface area contributed by atoms with E-state index < -0.39 is 11.9 Å². The number of aliphatic carboxylic acids is 1. The Labute approximate surface area is 99.3 Å². The Bertz CT molecular complexity index is 505. The molecule has 1 aromatic heterocycles. The van der Waals surface area contributed by atoms with Gasteiger partial charge in [-0.15, -0.1) is 0 Å². The Morgan fingerprint density at radius 2 is 2.12 bits per heavy atom. The van der Waals surface area contributed by atoms with Gasteiger partial charge in [0.05, 0.1) is 12.1 Å². The molecular formula is C13H14N2O2. The molecule has 0 radical (unpaired) electrons. The molecule has 0 amide bonds. The second kappa shape index (κ2) is 4.82. The molecule has 0 aliphatic carbocycles. The summed E-state index contributed by atoms with van der Waals surface area (Å²) in [7, 11) is 0. The average molecular weight is 230 g/mol. The maximum atomic E-state index is 10.8. The predicted molar refractivity (Wildman–Crippen MR) is 64.5 cm³/mol. The van der Waals surface area contributed by atoms with Crippen LogP contribution in [0.2, 0.25) is 0 Å². The number of carbonyl (C=O) groups is 1. The highest BCUT2D eigenvalue weighted by molar-refractivity contribution is 5.71. The molecule has 0 spiro atoms. The molecule has 88 valence electrons. The molecule has 2 rings (SSSR count). The molecule has 2 aromatic rings. The van der Waals surface area contributed by atoms with E-state index in [9.17, 15) is 4.79 Å². The van der Waals surface area contributed by atoms with Crippen molar-refractivity contribution in [2.45, 2.75) is 13.3 Å². The summed E-state index contributed by atoms with van der Waals surface area (Å²) in [5.41, 5.74) is 2.89. The van der Waals surface area contributed by atoms with Gasteiger partial charge in [0, 0.05) is 17.7 Å². The third-order valence-corrected chi connectivity index (χ3v) is 2.73. The molecule has 17 heavy (non-hydrogen) atoms. The van der Waals surface area contributed by atoms with Crippen molar-refractivity contribution in [1.82, 2.24) is 10.2 Å². The van der Waals surface area contributed by atoms with Crippen molar-refractivity contribution in [2.24, 2.45) is 5.92 Å². The van der Waals surface area contributed by atoms with Crippen LogP contribution in [0.5, 0.6) is 0 Å². The lowest BCUT2D eigenvalue weighted by molar-refractivity contribution is -0.141. The van der Waals surface area contributed by atoms with Gasteiger partial charge in [-0.3, -0.25) is 9.89 Å². The molecule has 2 N–H and O–H groups in total. The fourth-order valence-corrected chi connectivity index (χ4v) is 1.73. The van der Waals surface area contributed by atoms with Gasteiger partial charge in [0.2, 0.25) is 0 Å². The Kier molecular flexibility index (Phi) is 3.23. The van der Waals surface area contributed by atoms with Crippen molar-refractivity contribution in [3.05, 3.63) is 42.2 Å². The van der Waals surface area contributed by atoms with Gasteiger partial charge in [0.25, 0.3) is 0 Å². The highest BCUT2D eigenvalue weighted by Crippen LogP contribution is 2.23. The maximum Gasteiger partial charge on any atom is 0.306 e. The van der Waals surface area contributed by atoms with Crippen molar-refractivity contribution in [1.29, 1.82) is 0 Å². The van der Waals surface area contributed by atoms with E-state index in [1.54, 1.807) is 13.1 Å². The molecule has 0 saturated heterocycles. The first-order chi connectivity index (χ1) is 8.18. The van der Waals surface area contributed by atoms with Gasteiger partial charge >= 0.3 is 5.97 Å². The van der Waals surface area contributed by atoms with Crippen molar-refractivity contribution in [3.8, 4) is 11.1 Å². The SMILES string of the molecule is CC(Cc1[nH]ncc1-c1ccccc1)C(=O)O. The molecule has 0 aliphatic heterocycles. The van der Waals surface area contributed by atoms with Crippen LogP contribution in [0.25, 0.3) is 11.1 Å². The number of carboxylic acid groups (broad SMARTS) is 1. The first kappa shape index (κ1) is 11.4.